The first-order valence-electron chi connectivity index (χ1n) is 5.92. The van der Waals surface area contributed by atoms with Gasteiger partial charge in [0, 0.05) is 13.0 Å². The molecule has 0 aliphatic heterocycles. The summed E-state index contributed by atoms with van der Waals surface area (Å²) in [4.78, 5) is 15.5. The van der Waals surface area contributed by atoms with E-state index >= 15 is 0 Å². The van der Waals surface area contributed by atoms with Crippen molar-refractivity contribution in [2.45, 2.75) is 26.8 Å². The molecular weight excluding hydrogens is 230 g/mol. The van der Waals surface area contributed by atoms with Crippen molar-refractivity contribution in [3.8, 4) is 11.5 Å². The number of carbonyl (C=O) groups is 1. The second-order valence-electron chi connectivity index (χ2n) is 3.79. The molecule has 0 unspecified atom stereocenters. The van der Waals surface area contributed by atoms with E-state index in [-0.39, 0.29) is 5.78 Å². The van der Waals surface area contributed by atoms with Gasteiger partial charge in [0.2, 0.25) is 0 Å². The van der Waals surface area contributed by atoms with E-state index in [0.717, 1.165) is 6.54 Å². The molecule has 5 heteroatoms. The Kier molecular flexibility index (Phi) is 3.72. The molecule has 5 nitrogen and oxygen atoms in total. The lowest BCUT2D eigenvalue weighted by Gasteiger charge is -2.02. The Morgan fingerprint density at radius 1 is 1.28 bits per heavy atom. The number of aryl methyl sites for hydroxylation is 1. The van der Waals surface area contributed by atoms with Crippen LogP contribution in [0.3, 0.4) is 0 Å². The minimum absolute atomic E-state index is 0.0281. The number of ketones is 1. The molecule has 0 fully saturated rings. The van der Waals surface area contributed by atoms with E-state index < -0.39 is 0 Å². The maximum absolute atomic E-state index is 11.4. The lowest BCUT2D eigenvalue weighted by molar-refractivity contribution is 0.0983. The van der Waals surface area contributed by atoms with Crippen molar-refractivity contribution in [2.24, 2.45) is 0 Å². The number of nitrogens with zero attached hydrogens (tertiary/aromatic N) is 3. The second kappa shape index (κ2) is 5.44. The molecule has 0 saturated carbocycles. The summed E-state index contributed by atoms with van der Waals surface area (Å²) >= 11 is 0. The normalized spacial score (nSPS) is 10.3. The van der Waals surface area contributed by atoms with Crippen molar-refractivity contribution in [3.63, 3.8) is 0 Å². The smallest absolute Gasteiger partial charge is 0.180 e. The van der Waals surface area contributed by atoms with Gasteiger partial charge < -0.3 is 4.74 Å². The van der Waals surface area contributed by atoms with Crippen molar-refractivity contribution in [3.05, 3.63) is 36.4 Å². The fourth-order valence-corrected chi connectivity index (χ4v) is 1.49. The summed E-state index contributed by atoms with van der Waals surface area (Å²) < 4.78 is 7.35. The number of aromatic nitrogens is 3. The van der Waals surface area contributed by atoms with E-state index in [1.807, 2.05) is 20.0 Å². The van der Waals surface area contributed by atoms with Gasteiger partial charge in [0.15, 0.2) is 11.5 Å². The van der Waals surface area contributed by atoms with Gasteiger partial charge in [-0.05, 0) is 19.1 Å². The Morgan fingerprint density at radius 2 is 2.11 bits per heavy atom. The molecule has 0 aromatic carbocycles. The molecule has 2 aromatic heterocycles. The SMILES string of the molecule is CCC(=O)c1ccc(Oc2cnn(CC)c2)cn1. The zero-order chi connectivity index (χ0) is 13.0. The van der Waals surface area contributed by atoms with Crippen molar-refractivity contribution < 1.29 is 9.53 Å². The molecule has 0 N–H and O–H groups in total. The summed E-state index contributed by atoms with van der Waals surface area (Å²) in [5, 5.41) is 4.11. The summed E-state index contributed by atoms with van der Waals surface area (Å²) in [6, 6.07) is 3.41. The van der Waals surface area contributed by atoms with Crippen LogP contribution in [0.2, 0.25) is 0 Å². The molecule has 2 aromatic rings. The first-order chi connectivity index (χ1) is 8.72. The standard InChI is InChI=1S/C13H15N3O2/c1-3-13(17)12-6-5-10(7-14-12)18-11-8-15-16(4-2)9-11/h5-9H,3-4H2,1-2H3. The van der Waals surface area contributed by atoms with Crippen LogP contribution in [0, 0.1) is 0 Å². The monoisotopic (exact) mass is 245 g/mol. The molecule has 0 bridgehead atoms. The molecule has 0 aliphatic carbocycles. The third-order valence-corrected chi connectivity index (χ3v) is 2.51. The Morgan fingerprint density at radius 3 is 2.67 bits per heavy atom. The predicted molar refractivity (Wildman–Crippen MR) is 66.8 cm³/mol. The largest absolute Gasteiger partial charge is 0.452 e. The number of rotatable bonds is 5. The second-order valence-corrected chi connectivity index (χ2v) is 3.79. The van der Waals surface area contributed by atoms with E-state index in [2.05, 4.69) is 10.1 Å². The third-order valence-electron chi connectivity index (χ3n) is 2.51. The molecule has 2 rings (SSSR count). The van der Waals surface area contributed by atoms with Crippen LogP contribution in [0.4, 0.5) is 0 Å². The van der Waals surface area contributed by atoms with E-state index in [9.17, 15) is 4.79 Å². The van der Waals surface area contributed by atoms with Crippen LogP contribution in [-0.2, 0) is 6.54 Å². The van der Waals surface area contributed by atoms with Crippen LogP contribution < -0.4 is 4.74 Å². The third kappa shape index (κ3) is 2.74. The quantitative estimate of drug-likeness (QED) is 0.760. The van der Waals surface area contributed by atoms with E-state index in [1.165, 1.54) is 0 Å². The van der Waals surface area contributed by atoms with Gasteiger partial charge in [0.1, 0.15) is 11.4 Å². The van der Waals surface area contributed by atoms with E-state index in [1.54, 1.807) is 29.2 Å². The predicted octanol–water partition coefficient (Wildman–Crippen LogP) is 2.68. The van der Waals surface area contributed by atoms with Crippen molar-refractivity contribution in [1.29, 1.82) is 0 Å². The van der Waals surface area contributed by atoms with Crippen LogP contribution in [-0.4, -0.2) is 20.5 Å². The molecule has 0 aliphatic rings. The maximum atomic E-state index is 11.4. The Labute approximate surface area is 105 Å². The number of ether oxygens (including phenoxy) is 1. The van der Waals surface area contributed by atoms with Gasteiger partial charge in [0.25, 0.3) is 0 Å². The van der Waals surface area contributed by atoms with Crippen molar-refractivity contribution in [1.82, 2.24) is 14.8 Å². The van der Waals surface area contributed by atoms with Crippen LogP contribution in [0.15, 0.2) is 30.7 Å². The van der Waals surface area contributed by atoms with Gasteiger partial charge >= 0.3 is 0 Å². The average Bonchev–Trinajstić information content (AvgIpc) is 2.86. The van der Waals surface area contributed by atoms with Crippen LogP contribution in [0.25, 0.3) is 0 Å². The Hall–Kier alpha value is -2.17. The lowest BCUT2D eigenvalue weighted by atomic mass is 10.2. The van der Waals surface area contributed by atoms with Gasteiger partial charge in [-0.15, -0.1) is 0 Å². The summed E-state index contributed by atoms with van der Waals surface area (Å²) in [7, 11) is 0. The molecule has 0 amide bonds. The minimum Gasteiger partial charge on any atom is -0.452 e. The highest BCUT2D eigenvalue weighted by Crippen LogP contribution is 2.19. The summed E-state index contributed by atoms with van der Waals surface area (Å²) in [6.45, 7) is 4.61. The summed E-state index contributed by atoms with van der Waals surface area (Å²) in [5.74, 6) is 1.28. The molecular formula is C13H15N3O2. The minimum atomic E-state index is 0.0281. The van der Waals surface area contributed by atoms with Gasteiger partial charge in [0.05, 0.1) is 18.6 Å². The number of pyridine rings is 1. The molecule has 0 spiro atoms. The molecule has 94 valence electrons. The zero-order valence-corrected chi connectivity index (χ0v) is 10.5. The van der Waals surface area contributed by atoms with Gasteiger partial charge in [-0.25, -0.2) is 4.98 Å². The first kappa shape index (κ1) is 12.3. The highest BCUT2D eigenvalue weighted by molar-refractivity contribution is 5.93. The number of Topliss-reactive ketones (excluding diaryl/α,β-unsaturated/α-hetero) is 1. The maximum Gasteiger partial charge on any atom is 0.180 e. The number of hydrogen-bond donors (Lipinski definition) is 0. The molecule has 2 heterocycles. The molecule has 0 saturated heterocycles. The topological polar surface area (TPSA) is 57.0 Å². The summed E-state index contributed by atoms with van der Waals surface area (Å²) in [5.41, 5.74) is 0.467. The van der Waals surface area contributed by atoms with Gasteiger partial charge in [-0.3, -0.25) is 9.48 Å². The van der Waals surface area contributed by atoms with Crippen LogP contribution in [0.5, 0.6) is 11.5 Å². The van der Waals surface area contributed by atoms with E-state index in [0.29, 0.717) is 23.6 Å². The van der Waals surface area contributed by atoms with E-state index in [4.69, 9.17) is 4.74 Å². The Balaban J connectivity index is 2.08. The highest BCUT2D eigenvalue weighted by atomic mass is 16.5. The molecule has 0 atom stereocenters. The molecule has 18 heavy (non-hydrogen) atoms. The first-order valence-corrected chi connectivity index (χ1v) is 5.92. The number of hydrogen-bond acceptors (Lipinski definition) is 4. The summed E-state index contributed by atoms with van der Waals surface area (Å²) in [6.07, 6.45) is 5.46. The Bertz CT molecular complexity index is 531. The highest BCUT2D eigenvalue weighted by Gasteiger charge is 2.05. The van der Waals surface area contributed by atoms with Crippen LogP contribution in [0.1, 0.15) is 30.8 Å². The number of carbonyl (C=O) groups excluding carboxylic acids is 1. The lowest BCUT2D eigenvalue weighted by Crippen LogP contribution is -1.99. The zero-order valence-electron chi connectivity index (χ0n) is 10.5. The van der Waals surface area contributed by atoms with Crippen molar-refractivity contribution in [2.75, 3.05) is 0 Å². The fraction of sp³-hybridized carbons (Fsp3) is 0.308. The molecule has 0 radical (unpaired) electrons. The van der Waals surface area contributed by atoms with Gasteiger partial charge in [-0.2, -0.15) is 5.10 Å². The van der Waals surface area contributed by atoms with Gasteiger partial charge in [-0.1, -0.05) is 6.92 Å². The van der Waals surface area contributed by atoms with Crippen molar-refractivity contribution >= 4 is 5.78 Å². The fourth-order valence-electron chi connectivity index (χ4n) is 1.49. The van der Waals surface area contributed by atoms with Crippen LogP contribution >= 0.6 is 0 Å². The average molecular weight is 245 g/mol.